The molecule has 2 aromatic heterocycles. The fraction of sp³-hybridized carbons (Fsp3) is 0.348. The third-order valence-corrected chi connectivity index (χ3v) is 6.47. The van der Waals surface area contributed by atoms with Gasteiger partial charge < -0.3 is 19.4 Å². The Balaban J connectivity index is 1.75. The van der Waals surface area contributed by atoms with E-state index < -0.39 is 0 Å². The van der Waals surface area contributed by atoms with Crippen LogP contribution in [0.5, 0.6) is 5.75 Å². The summed E-state index contributed by atoms with van der Waals surface area (Å²) in [6, 6.07) is 13.7. The number of hydrogen-bond acceptors (Lipinski definition) is 6. The molecule has 3 heterocycles. The third-order valence-electron chi connectivity index (χ3n) is 5.49. The van der Waals surface area contributed by atoms with Gasteiger partial charge in [0.1, 0.15) is 10.8 Å². The van der Waals surface area contributed by atoms with Gasteiger partial charge in [0.15, 0.2) is 5.76 Å². The fourth-order valence-electron chi connectivity index (χ4n) is 3.94. The summed E-state index contributed by atoms with van der Waals surface area (Å²) in [5, 5.41) is 3.93. The molecule has 0 spiro atoms. The third kappa shape index (κ3) is 4.28. The smallest absolute Gasteiger partial charge is 0.291 e. The Bertz CT molecular complexity index is 991. The van der Waals surface area contributed by atoms with Crippen molar-refractivity contribution < 1.29 is 13.9 Å². The summed E-state index contributed by atoms with van der Waals surface area (Å²) in [7, 11) is 3.86. The quantitative estimate of drug-likeness (QED) is 0.640. The maximum atomic E-state index is 12.7. The van der Waals surface area contributed by atoms with E-state index in [9.17, 15) is 4.79 Å². The molecule has 1 saturated heterocycles. The summed E-state index contributed by atoms with van der Waals surface area (Å²) < 4.78 is 11.0. The van der Waals surface area contributed by atoms with Gasteiger partial charge in [0, 0.05) is 42.2 Å². The monoisotopic (exact) mass is 425 g/mol. The Morgan fingerprint density at radius 2 is 1.90 bits per heavy atom. The van der Waals surface area contributed by atoms with Crippen LogP contribution in [0.15, 0.2) is 53.1 Å². The number of thiophene rings is 1. The first-order chi connectivity index (χ1) is 14.6. The molecule has 0 radical (unpaired) electrons. The van der Waals surface area contributed by atoms with Crippen LogP contribution < -0.4 is 10.1 Å². The molecule has 7 heteroatoms. The summed E-state index contributed by atoms with van der Waals surface area (Å²) in [5.41, 5.74) is 2.20. The summed E-state index contributed by atoms with van der Waals surface area (Å²) in [6.07, 6.45) is 1.51. The highest BCUT2D eigenvalue weighted by Crippen LogP contribution is 2.42. The number of nitrogens with one attached hydrogen (secondary N) is 1. The number of para-hydroxylation sites is 1. The summed E-state index contributed by atoms with van der Waals surface area (Å²) >= 11 is 1.59. The molecule has 1 aliphatic rings. The van der Waals surface area contributed by atoms with Crippen molar-refractivity contribution in [3.8, 4) is 5.75 Å². The Morgan fingerprint density at radius 1 is 1.13 bits per heavy atom. The minimum absolute atomic E-state index is 0.00768. The van der Waals surface area contributed by atoms with Crippen molar-refractivity contribution in [3.05, 3.63) is 70.5 Å². The number of methoxy groups -OCH3 is 1. The molecule has 1 fully saturated rings. The van der Waals surface area contributed by atoms with E-state index in [4.69, 9.17) is 9.15 Å². The van der Waals surface area contributed by atoms with Gasteiger partial charge in [0.2, 0.25) is 0 Å². The van der Waals surface area contributed by atoms with Crippen LogP contribution in [-0.4, -0.2) is 56.0 Å². The molecular formula is C23H27N3O3S. The number of carbonyl (C=O) groups is 1. The SMILES string of the molecule is COc1ccccc1C(c1cc(C)sc1NC(=O)c1ccco1)N1CCN(C)CC1. The van der Waals surface area contributed by atoms with Crippen molar-refractivity contribution in [2.45, 2.75) is 13.0 Å². The van der Waals surface area contributed by atoms with Crippen LogP contribution in [0.2, 0.25) is 0 Å². The molecular weight excluding hydrogens is 398 g/mol. The Kier molecular flexibility index (Phi) is 6.22. The number of hydrogen-bond donors (Lipinski definition) is 1. The topological polar surface area (TPSA) is 58.0 Å². The number of amides is 1. The van der Waals surface area contributed by atoms with E-state index in [0.717, 1.165) is 52.9 Å². The van der Waals surface area contributed by atoms with Crippen LogP contribution >= 0.6 is 11.3 Å². The number of benzene rings is 1. The Labute approximate surface area is 181 Å². The highest BCUT2D eigenvalue weighted by Gasteiger charge is 2.31. The van der Waals surface area contributed by atoms with E-state index in [1.165, 1.54) is 6.26 Å². The molecule has 0 bridgehead atoms. The van der Waals surface area contributed by atoms with Gasteiger partial charge in [-0.2, -0.15) is 0 Å². The van der Waals surface area contributed by atoms with Crippen molar-refractivity contribution in [2.24, 2.45) is 0 Å². The standard InChI is InChI=1S/C23H27N3O3S/c1-16-15-18(23(30-16)24-22(27)20-9-6-14-29-20)21(26-12-10-25(2)11-13-26)17-7-4-5-8-19(17)28-3/h4-9,14-15,21H,10-13H2,1-3H3,(H,24,27). The van der Waals surface area contributed by atoms with Gasteiger partial charge in [0.25, 0.3) is 5.91 Å². The van der Waals surface area contributed by atoms with Gasteiger partial charge in [-0.1, -0.05) is 18.2 Å². The molecule has 4 rings (SSSR count). The number of ether oxygens (including phenoxy) is 1. The second-order valence-electron chi connectivity index (χ2n) is 7.56. The Morgan fingerprint density at radius 3 is 2.60 bits per heavy atom. The normalized spacial score (nSPS) is 16.4. The van der Waals surface area contributed by atoms with Crippen LogP contribution in [0.1, 0.15) is 32.6 Å². The number of carbonyl (C=O) groups excluding carboxylic acids is 1. The fourth-order valence-corrected chi connectivity index (χ4v) is 4.88. The summed E-state index contributed by atoms with van der Waals surface area (Å²) in [4.78, 5) is 18.7. The lowest BCUT2D eigenvalue weighted by atomic mass is 9.96. The average Bonchev–Trinajstić information content (AvgIpc) is 3.40. The molecule has 1 amide bonds. The predicted octanol–water partition coefficient (Wildman–Crippen LogP) is 4.25. The predicted molar refractivity (Wildman–Crippen MR) is 120 cm³/mol. The van der Waals surface area contributed by atoms with Crippen molar-refractivity contribution >= 4 is 22.2 Å². The van der Waals surface area contributed by atoms with Crippen LogP contribution in [-0.2, 0) is 0 Å². The zero-order valence-corrected chi connectivity index (χ0v) is 18.4. The van der Waals surface area contributed by atoms with Crippen LogP contribution in [0.4, 0.5) is 5.00 Å². The molecule has 1 unspecified atom stereocenters. The number of nitrogens with zero attached hydrogens (tertiary/aromatic N) is 2. The largest absolute Gasteiger partial charge is 0.496 e. The zero-order valence-electron chi connectivity index (χ0n) is 17.6. The number of furan rings is 1. The van der Waals surface area contributed by atoms with Gasteiger partial charge in [-0.05, 0) is 38.2 Å². The van der Waals surface area contributed by atoms with Crippen molar-refractivity contribution in [1.82, 2.24) is 9.80 Å². The van der Waals surface area contributed by atoms with Crippen LogP contribution in [0.25, 0.3) is 0 Å². The van der Waals surface area contributed by atoms with E-state index in [0.29, 0.717) is 5.76 Å². The number of aryl methyl sites for hydroxylation is 1. The zero-order chi connectivity index (χ0) is 21.1. The molecule has 1 atom stereocenters. The number of piperazine rings is 1. The van der Waals surface area contributed by atoms with E-state index in [2.05, 4.69) is 41.2 Å². The Hall–Kier alpha value is -2.61. The number of anilines is 1. The molecule has 1 aromatic carbocycles. The molecule has 0 saturated carbocycles. The van der Waals surface area contributed by atoms with Crippen LogP contribution in [0, 0.1) is 6.92 Å². The first-order valence-corrected chi connectivity index (χ1v) is 10.9. The van der Waals surface area contributed by atoms with Crippen molar-refractivity contribution in [3.63, 3.8) is 0 Å². The number of rotatable bonds is 6. The van der Waals surface area contributed by atoms with Crippen molar-refractivity contribution in [2.75, 3.05) is 45.7 Å². The second kappa shape index (κ2) is 9.04. The average molecular weight is 426 g/mol. The summed E-state index contributed by atoms with van der Waals surface area (Å²) in [6.45, 7) is 5.96. The van der Waals surface area contributed by atoms with Crippen molar-refractivity contribution in [1.29, 1.82) is 0 Å². The van der Waals surface area contributed by atoms with E-state index in [1.54, 1.807) is 30.6 Å². The van der Waals surface area contributed by atoms with Gasteiger partial charge >= 0.3 is 0 Å². The minimum atomic E-state index is -0.236. The number of likely N-dealkylation sites (N-methyl/N-ethyl adjacent to an activating group) is 1. The minimum Gasteiger partial charge on any atom is -0.496 e. The van der Waals surface area contributed by atoms with Crippen LogP contribution in [0.3, 0.4) is 0 Å². The lowest BCUT2D eigenvalue weighted by Crippen LogP contribution is -2.46. The van der Waals surface area contributed by atoms with Gasteiger partial charge in [-0.25, -0.2) is 0 Å². The first kappa shape index (κ1) is 20.7. The second-order valence-corrected chi connectivity index (χ2v) is 8.81. The van der Waals surface area contributed by atoms with Gasteiger partial charge in [-0.3, -0.25) is 9.69 Å². The van der Waals surface area contributed by atoms with E-state index in [-0.39, 0.29) is 11.9 Å². The molecule has 1 aliphatic heterocycles. The highest BCUT2D eigenvalue weighted by molar-refractivity contribution is 7.16. The molecule has 1 N–H and O–H groups in total. The first-order valence-electron chi connectivity index (χ1n) is 10.1. The van der Waals surface area contributed by atoms with E-state index in [1.807, 2.05) is 18.2 Å². The maximum Gasteiger partial charge on any atom is 0.291 e. The maximum absolute atomic E-state index is 12.7. The molecule has 3 aromatic rings. The molecule has 30 heavy (non-hydrogen) atoms. The lowest BCUT2D eigenvalue weighted by molar-refractivity contribution is 0.0996. The van der Waals surface area contributed by atoms with Gasteiger partial charge in [-0.15, -0.1) is 11.3 Å². The van der Waals surface area contributed by atoms with E-state index >= 15 is 0 Å². The molecule has 158 valence electrons. The summed E-state index contributed by atoms with van der Waals surface area (Å²) in [5.74, 6) is 0.925. The lowest BCUT2D eigenvalue weighted by Gasteiger charge is -2.38. The van der Waals surface area contributed by atoms with Gasteiger partial charge in [0.05, 0.1) is 19.4 Å². The molecule has 6 nitrogen and oxygen atoms in total. The highest BCUT2D eigenvalue weighted by atomic mass is 32.1. The molecule has 0 aliphatic carbocycles.